The minimum Gasteiger partial charge on any atom is -0.465 e. The Labute approximate surface area is 123 Å². The van der Waals surface area contributed by atoms with Crippen LogP contribution in [0, 0.1) is 17.5 Å². The lowest BCUT2D eigenvalue weighted by atomic mass is 10.1. The number of ether oxygens (including phenoxy) is 1. The molecule has 22 heavy (non-hydrogen) atoms. The Hall–Kier alpha value is -2.83. The summed E-state index contributed by atoms with van der Waals surface area (Å²) in [6, 6.07) is 4.70. The van der Waals surface area contributed by atoms with E-state index in [1.165, 1.54) is 6.07 Å². The summed E-state index contributed by atoms with van der Waals surface area (Å²) in [4.78, 5) is 22.5. The van der Waals surface area contributed by atoms with Gasteiger partial charge in [0.05, 0.1) is 18.4 Å². The molecule has 0 aromatic heterocycles. The summed E-state index contributed by atoms with van der Waals surface area (Å²) in [7, 11) is 1.09. The van der Waals surface area contributed by atoms with Crippen LogP contribution in [0.4, 0.5) is 24.5 Å². The monoisotopic (exact) mass is 309 g/mol. The molecule has 2 aromatic carbocycles. The van der Waals surface area contributed by atoms with Crippen LogP contribution in [0.2, 0.25) is 0 Å². The van der Waals surface area contributed by atoms with E-state index in [2.05, 4.69) is 10.1 Å². The van der Waals surface area contributed by atoms with Crippen LogP contribution in [-0.4, -0.2) is 19.4 Å². The van der Waals surface area contributed by atoms with Crippen LogP contribution in [0.3, 0.4) is 0 Å². The molecule has 114 valence electrons. The highest BCUT2D eigenvalue weighted by atomic mass is 19.2. The lowest BCUT2D eigenvalue weighted by molar-refractivity contribution is 0.0601. The third-order valence-electron chi connectivity index (χ3n) is 2.88. The van der Waals surface area contributed by atoms with E-state index in [-0.39, 0.29) is 22.5 Å². The van der Waals surface area contributed by atoms with Crippen LogP contribution in [0.25, 0.3) is 0 Å². The molecule has 0 bridgehead atoms. The van der Waals surface area contributed by atoms with E-state index in [0.29, 0.717) is 12.4 Å². The van der Waals surface area contributed by atoms with Crippen LogP contribution in [-0.2, 0) is 4.74 Å². The van der Waals surface area contributed by atoms with E-state index >= 15 is 0 Å². The number of methoxy groups -OCH3 is 1. The van der Waals surface area contributed by atoms with Crippen molar-refractivity contribution >= 4 is 23.6 Å². The van der Waals surface area contributed by atoms with Gasteiger partial charge in [0.25, 0.3) is 0 Å². The van der Waals surface area contributed by atoms with Crippen LogP contribution < -0.4 is 5.32 Å². The highest BCUT2D eigenvalue weighted by molar-refractivity contribution is 5.97. The Morgan fingerprint density at radius 3 is 2.41 bits per heavy atom. The molecule has 0 saturated heterocycles. The summed E-state index contributed by atoms with van der Waals surface area (Å²) >= 11 is 0. The first-order valence-corrected chi connectivity index (χ1v) is 6.05. The Morgan fingerprint density at radius 1 is 1.09 bits per heavy atom. The number of anilines is 2. The maximum Gasteiger partial charge on any atom is 0.340 e. The highest BCUT2D eigenvalue weighted by Gasteiger charge is 2.17. The summed E-state index contributed by atoms with van der Waals surface area (Å²) in [5.41, 5.74) is -0.281. The third kappa shape index (κ3) is 3.08. The molecule has 0 unspecified atom stereocenters. The van der Waals surface area contributed by atoms with E-state index in [9.17, 15) is 22.8 Å². The minimum atomic E-state index is -1.22. The van der Waals surface area contributed by atoms with E-state index < -0.39 is 23.4 Å². The van der Waals surface area contributed by atoms with Gasteiger partial charge >= 0.3 is 5.97 Å². The van der Waals surface area contributed by atoms with Crippen molar-refractivity contribution in [2.75, 3.05) is 12.4 Å². The van der Waals surface area contributed by atoms with Gasteiger partial charge in [-0.2, -0.15) is 0 Å². The van der Waals surface area contributed by atoms with Gasteiger partial charge in [-0.15, -0.1) is 0 Å². The Morgan fingerprint density at radius 2 is 1.77 bits per heavy atom. The van der Waals surface area contributed by atoms with Crippen LogP contribution >= 0.6 is 0 Å². The SMILES string of the molecule is COC(=O)c1cc(F)c(F)cc1Nc1ccc(F)cc1C=O. The number of carbonyl (C=O) groups is 2. The molecule has 0 amide bonds. The number of carbonyl (C=O) groups excluding carboxylic acids is 2. The molecule has 0 radical (unpaired) electrons. The topological polar surface area (TPSA) is 55.4 Å². The van der Waals surface area contributed by atoms with Crippen molar-refractivity contribution in [3.63, 3.8) is 0 Å². The molecule has 2 aromatic rings. The average molecular weight is 309 g/mol. The quantitative estimate of drug-likeness (QED) is 0.694. The molecule has 0 aliphatic rings. The molecule has 0 spiro atoms. The number of halogens is 3. The zero-order valence-corrected chi connectivity index (χ0v) is 11.3. The Kier molecular flexibility index (Phi) is 4.45. The van der Waals surface area contributed by atoms with Gasteiger partial charge in [-0.25, -0.2) is 18.0 Å². The fraction of sp³-hybridized carbons (Fsp3) is 0.0667. The van der Waals surface area contributed by atoms with Gasteiger partial charge in [-0.1, -0.05) is 0 Å². The zero-order valence-electron chi connectivity index (χ0n) is 11.3. The third-order valence-corrected chi connectivity index (χ3v) is 2.88. The summed E-state index contributed by atoms with van der Waals surface area (Å²) in [5.74, 6) is -3.94. The molecule has 0 atom stereocenters. The van der Waals surface area contributed by atoms with Crippen molar-refractivity contribution in [1.29, 1.82) is 0 Å². The lowest BCUT2D eigenvalue weighted by Gasteiger charge is -2.13. The predicted molar refractivity (Wildman–Crippen MR) is 72.8 cm³/mol. The zero-order chi connectivity index (χ0) is 16.3. The second kappa shape index (κ2) is 6.30. The lowest BCUT2D eigenvalue weighted by Crippen LogP contribution is -2.08. The highest BCUT2D eigenvalue weighted by Crippen LogP contribution is 2.26. The number of esters is 1. The van der Waals surface area contributed by atoms with Crippen molar-refractivity contribution in [3.8, 4) is 0 Å². The predicted octanol–water partition coefficient (Wildman–Crippen LogP) is 3.45. The van der Waals surface area contributed by atoms with E-state index in [0.717, 1.165) is 25.3 Å². The van der Waals surface area contributed by atoms with Crippen molar-refractivity contribution in [2.45, 2.75) is 0 Å². The first-order valence-electron chi connectivity index (χ1n) is 6.05. The van der Waals surface area contributed by atoms with Crippen LogP contribution in [0.5, 0.6) is 0 Å². The molecule has 4 nitrogen and oxygen atoms in total. The molecule has 0 fully saturated rings. The minimum absolute atomic E-state index is 0.0412. The average Bonchev–Trinajstić information content (AvgIpc) is 2.51. The van der Waals surface area contributed by atoms with Gasteiger partial charge in [0.15, 0.2) is 17.9 Å². The molecule has 0 aliphatic carbocycles. The summed E-state index contributed by atoms with van der Waals surface area (Å²) in [6.45, 7) is 0. The summed E-state index contributed by atoms with van der Waals surface area (Å²) in [5, 5.41) is 2.60. The summed E-state index contributed by atoms with van der Waals surface area (Å²) in [6.07, 6.45) is 0.392. The maximum atomic E-state index is 13.4. The first kappa shape index (κ1) is 15.6. The van der Waals surface area contributed by atoms with Gasteiger partial charge in [0, 0.05) is 17.3 Å². The Balaban J connectivity index is 2.51. The van der Waals surface area contributed by atoms with Crippen LogP contribution in [0.15, 0.2) is 30.3 Å². The standard InChI is InChI=1S/C15H10F3NO3/c1-22-15(21)10-5-11(17)12(18)6-14(10)19-13-3-2-9(16)4-8(13)7-20/h2-7,19H,1H3. The van der Waals surface area contributed by atoms with E-state index in [1.54, 1.807) is 0 Å². The largest absolute Gasteiger partial charge is 0.465 e. The number of benzene rings is 2. The molecule has 7 heteroatoms. The smallest absolute Gasteiger partial charge is 0.340 e. The van der Waals surface area contributed by atoms with E-state index in [1.807, 2.05) is 0 Å². The van der Waals surface area contributed by atoms with Gasteiger partial charge < -0.3 is 10.1 Å². The van der Waals surface area contributed by atoms with Crippen LogP contribution in [0.1, 0.15) is 20.7 Å². The molecule has 1 N–H and O–H groups in total. The molecule has 0 saturated carbocycles. The van der Waals surface area contributed by atoms with Crippen molar-refractivity contribution in [2.24, 2.45) is 0 Å². The first-order chi connectivity index (χ1) is 10.5. The number of rotatable bonds is 4. The molecular weight excluding hydrogens is 299 g/mol. The van der Waals surface area contributed by atoms with Gasteiger partial charge in [0.1, 0.15) is 5.82 Å². The fourth-order valence-electron chi connectivity index (χ4n) is 1.82. The van der Waals surface area contributed by atoms with Gasteiger partial charge in [0.2, 0.25) is 0 Å². The number of nitrogens with one attached hydrogen (secondary N) is 1. The molecule has 0 heterocycles. The van der Waals surface area contributed by atoms with Crippen molar-refractivity contribution in [3.05, 3.63) is 58.9 Å². The Bertz CT molecular complexity index is 747. The normalized spacial score (nSPS) is 10.2. The van der Waals surface area contributed by atoms with Crippen molar-refractivity contribution in [1.82, 2.24) is 0 Å². The number of aldehydes is 1. The molecule has 0 aliphatic heterocycles. The second-order valence-corrected chi connectivity index (χ2v) is 4.28. The van der Waals surface area contributed by atoms with Gasteiger partial charge in [-0.05, 0) is 24.3 Å². The van der Waals surface area contributed by atoms with Gasteiger partial charge in [-0.3, -0.25) is 4.79 Å². The fourth-order valence-corrected chi connectivity index (χ4v) is 1.82. The maximum absolute atomic E-state index is 13.4. The van der Waals surface area contributed by atoms with E-state index in [4.69, 9.17) is 0 Å². The van der Waals surface area contributed by atoms with Crippen molar-refractivity contribution < 1.29 is 27.5 Å². The number of hydrogen-bond donors (Lipinski definition) is 1. The molecular formula is C15H10F3NO3. The summed E-state index contributed by atoms with van der Waals surface area (Å²) < 4.78 is 44.2. The second-order valence-electron chi connectivity index (χ2n) is 4.28. The molecule has 2 rings (SSSR count). The number of hydrogen-bond acceptors (Lipinski definition) is 4.